The van der Waals surface area contributed by atoms with E-state index in [-0.39, 0.29) is 5.91 Å². The van der Waals surface area contributed by atoms with Gasteiger partial charge in [-0.3, -0.25) is 19.6 Å². The molecule has 3 aliphatic rings. The zero-order valence-corrected chi connectivity index (χ0v) is 18.9. The summed E-state index contributed by atoms with van der Waals surface area (Å²) < 4.78 is 1.01. The van der Waals surface area contributed by atoms with Crippen molar-refractivity contribution in [3.63, 3.8) is 0 Å². The van der Waals surface area contributed by atoms with Gasteiger partial charge in [0.2, 0.25) is 5.96 Å². The van der Waals surface area contributed by atoms with Gasteiger partial charge in [0.05, 0.1) is 18.7 Å². The second kappa shape index (κ2) is 8.17. The van der Waals surface area contributed by atoms with E-state index >= 15 is 0 Å². The quantitative estimate of drug-likeness (QED) is 0.649. The number of fused-ring (bicyclic) bond motifs is 2. The SMILES string of the molecule is O=C1C2=C(CCN(Cc3cccc(Cl)c3)C2)N2CCN=C2N1Cc1ccccc1Br. The molecule has 2 aromatic rings. The number of guanidine groups is 1. The molecule has 0 N–H and O–H groups in total. The Morgan fingerprint density at radius 3 is 2.77 bits per heavy atom. The molecule has 3 aliphatic heterocycles. The summed E-state index contributed by atoms with van der Waals surface area (Å²) in [5.74, 6) is 0.881. The number of aliphatic imine (C=N–C) groups is 1. The first-order valence-corrected chi connectivity index (χ1v) is 11.3. The molecular weight excluding hydrogens is 464 g/mol. The molecule has 5 rings (SSSR count). The van der Waals surface area contributed by atoms with Gasteiger partial charge in [-0.25, -0.2) is 0 Å². The molecule has 0 radical (unpaired) electrons. The van der Waals surface area contributed by atoms with Gasteiger partial charge >= 0.3 is 0 Å². The van der Waals surface area contributed by atoms with Gasteiger partial charge in [0, 0.05) is 47.8 Å². The highest BCUT2D eigenvalue weighted by molar-refractivity contribution is 9.10. The van der Waals surface area contributed by atoms with E-state index in [1.54, 1.807) is 0 Å². The third-order valence-electron chi connectivity index (χ3n) is 5.87. The monoisotopic (exact) mass is 484 g/mol. The van der Waals surface area contributed by atoms with Crippen LogP contribution in [0.1, 0.15) is 17.5 Å². The summed E-state index contributed by atoms with van der Waals surface area (Å²) in [6.45, 7) is 4.46. The normalized spacial score (nSPS) is 19.1. The van der Waals surface area contributed by atoms with Crippen LogP contribution in [0, 0.1) is 0 Å². The maximum absolute atomic E-state index is 13.6. The van der Waals surface area contributed by atoms with Crippen molar-refractivity contribution in [3.05, 3.63) is 80.4 Å². The zero-order chi connectivity index (χ0) is 20.7. The van der Waals surface area contributed by atoms with Crippen molar-refractivity contribution in [2.45, 2.75) is 19.5 Å². The standard InChI is InChI=1S/C23H22BrClN4O/c24-20-7-2-1-5-17(20)14-29-22(30)19-15-27(13-16-4-3-6-18(25)12-16)10-8-21(19)28-11-9-26-23(28)29/h1-7,12H,8-11,13-15H2. The van der Waals surface area contributed by atoms with E-state index in [1.165, 1.54) is 5.56 Å². The van der Waals surface area contributed by atoms with Crippen LogP contribution in [0.25, 0.3) is 0 Å². The van der Waals surface area contributed by atoms with E-state index in [9.17, 15) is 4.79 Å². The highest BCUT2D eigenvalue weighted by atomic mass is 79.9. The third kappa shape index (κ3) is 3.68. The number of carbonyl (C=O) groups excluding carboxylic acids is 1. The second-order valence-electron chi connectivity index (χ2n) is 7.83. The number of benzene rings is 2. The fourth-order valence-corrected chi connectivity index (χ4v) is 5.06. The fraction of sp³-hybridized carbons (Fsp3) is 0.304. The van der Waals surface area contributed by atoms with Crippen LogP contribution in [0.15, 0.2) is 69.3 Å². The summed E-state index contributed by atoms with van der Waals surface area (Å²) in [5, 5.41) is 0.746. The highest BCUT2D eigenvalue weighted by Crippen LogP contribution is 2.33. The average Bonchev–Trinajstić information content (AvgIpc) is 3.22. The van der Waals surface area contributed by atoms with Crippen molar-refractivity contribution in [1.82, 2.24) is 14.7 Å². The Labute approximate surface area is 189 Å². The van der Waals surface area contributed by atoms with Gasteiger partial charge in [-0.05, 0) is 29.3 Å². The molecule has 0 saturated heterocycles. The number of rotatable bonds is 4. The van der Waals surface area contributed by atoms with Crippen molar-refractivity contribution in [3.8, 4) is 0 Å². The second-order valence-corrected chi connectivity index (χ2v) is 9.12. The molecule has 30 heavy (non-hydrogen) atoms. The molecule has 0 bridgehead atoms. The number of carbonyl (C=O) groups is 1. The minimum absolute atomic E-state index is 0.0773. The predicted octanol–water partition coefficient (Wildman–Crippen LogP) is 4.28. The van der Waals surface area contributed by atoms with E-state index in [0.717, 1.165) is 64.9 Å². The van der Waals surface area contributed by atoms with Crippen LogP contribution in [-0.4, -0.2) is 52.7 Å². The summed E-state index contributed by atoms with van der Waals surface area (Å²) in [5.41, 5.74) is 4.30. The van der Waals surface area contributed by atoms with Gasteiger partial charge in [0.1, 0.15) is 0 Å². The summed E-state index contributed by atoms with van der Waals surface area (Å²) in [7, 11) is 0. The van der Waals surface area contributed by atoms with E-state index in [0.29, 0.717) is 13.1 Å². The fourth-order valence-electron chi connectivity index (χ4n) is 4.44. The van der Waals surface area contributed by atoms with Crippen LogP contribution in [0.2, 0.25) is 5.02 Å². The molecule has 0 atom stereocenters. The van der Waals surface area contributed by atoms with E-state index in [1.807, 2.05) is 47.4 Å². The maximum Gasteiger partial charge on any atom is 0.259 e. The molecule has 7 heteroatoms. The van der Waals surface area contributed by atoms with Crippen molar-refractivity contribution in [2.24, 2.45) is 4.99 Å². The smallest absolute Gasteiger partial charge is 0.259 e. The maximum atomic E-state index is 13.6. The third-order valence-corrected chi connectivity index (χ3v) is 6.87. The number of hydrogen-bond donors (Lipinski definition) is 0. The molecule has 0 aromatic heterocycles. The molecule has 5 nitrogen and oxygen atoms in total. The van der Waals surface area contributed by atoms with E-state index in [2.05, 4.69) is 36.8 Å². The van der Waals surface area contributed by atoms with Crippen LogP contribution in [0.4, 0.5) is 0 Å². The predicted molar refractivity (Wildman–Crippen MR) is 122 cm³/mol. The van der Waals surface area contributed by atoms with Crippen LogP contribution in [0.3, 0.4) is 0 Å². The van der Waals surface area contributed by atoms with Crippen LogP contribution >= 0.6 is 27.5 Å². The Kier molecular flexibility index (Phi) is 5.39. The first-order valence-electron chi connectivity index (χ1n) is 10.2. The number of hydrogen-bond acceptors (Lipinski definition) is 4. The number of nitrogens with zero attached hydrogens (tertiary/aromatic N) is 4. The largest absolute Gasteiger partial charge is 0.314 e. The average molecular weight is 486 g/mol. The highest BCUT2D eigenvalue weighted by Gasteiger charge is 2.41. The molecule has 0 spiro atoms. The summed E-state index contributed by atoms with van der Waals surface area (Å²) in [4.78, 5) is 24.7. The lowest BCUT2D eigenvalue weighted by molar-refractivity contribution is -0.125. The lowest BCUT2D eigenvalue weighted by Crippen LogP contribution is -2.53. The topological polar surface area (TPSA) is 39.2 Å². The summed E-state index contributed by atoms with van der Waals surface area (Å²) in [6.07, 6.45) is 0.865. The van der Waals surface area contributed by atoms with Crippen molar-refractivity contribution >= 4 is 39.4 Å². The van der Waals surface area contributed by atoms with E-state index in [4.69, 9.17) is 11.6 Å². The van der Waals surface area contributed by atoms with Gasteiger partial charge in [0.25, 0.3) is 5.91 Å². The molecule has 0 aliphatic carbocycles. The Hall–Kier alpha value is -2.15. The van der Waals surface area contributed by atoms with Crippen LogP contribution in [0.5, 0.6) is 0 Å². The Morgan fingerprint density at radius 2 is 1.93 bits per heavy atom. The molecule has 2 aromatic carbocycles. The Balaban J connectivity index is 1.41. The molecular formula is C23H22BrClN4O. The minimum Gasteiger partial charge on any atom is -0.314 e. The Bertz CT molecular complexity index is 1070. The van der Waals surface area contributed by atoms with Crippen LogP contribution < -0.4 is 0 Å². The van der Waals surface area contributed by atoms with Gasteiger partial charge < -0.3 is 4.90 Å². The molecule has 0 unspecified atom stereocenters. The van der Waals surface area contributed by atoms with Gasteiger partial charge in [-0.15, -0.1) is 0 Å². The zero-order valence-electron chi connectivity index (χ0n) is 16.5. The lowest BCUT2D eigenvalue weighted by atomic mass is 10.00. The molecule has 154 valence electrons. The van der Waals surface area contributed by atoms with Crippen molar-refractivity contribution < 1.29 is 4.79 Å². The van der Waals surface area contributed by atoms with Crippen LogP contribution in [-0.2, 0) is 17.9 Å². The van der Waals surface area contributed by atoms with Crippen molar-refractivity contribution in [2.75, 3.05) is 26.2 Å². The first-order chi connectivity index (χ1) is 14.6. The minimum atomic E-state index is 0.0773. The summed E-state index contributed by atoms with van der Waals surface area (Å²) in [6, 6.07) is 16.0. The van der Waals surface area contributed by atoms with Crippen molar-refractivity contribution in [1.29, 1.82) is 0 Å². The lowest BCUT2D eigenvalue weighted by Gasteiger charge is -2.42. The number of halogens is 2. The molecule has 0 saturated carbocycles. The van der Waals surface area contributed by atoms with E-state index < -0.39 is 0 Å². The van der Waals surface area contributed by atoms with Gasteiger partial charge in [0.15, 0.2) is 0 Å². The first kappa shape index (κ1) is 19.8. The molecule has 1 amide bonds. The van der Waals surface area contributed by atoms with Gasteiger partial charge in [-0.1, -0.05) is 57.9 Å². The summed E-state index contributed by atoms with van der Waals surface area (Å²) >= 11 is 9.77. The Morgan fingerprint density at radius 1 is 1.07 bits per heavy atom. The van der Waals surface area contributed by atoms with Gasteiger partial charge in [-0.2, -0.15) is 0 Å². The molecule has 3 heterocycles. The molecule has 0 fully saturated rings. The number of amides is 1.